The van der Waals surface area contributed by atoms with Crippen molar-refractivity contribution >= 4 is 42.9 Å². The van der Waals surface area contributed by atoms with Crippen LogP contribution in [0.25, 0.3) is 5.57 Å². The van der Waals surface area contributed by atoms with E-state index in [-0.39, 0.29) is 39.3 Å². The topological polar surface area (TPSA) is 124 Å². The van der Waals surface area contributed by atoms with Gasteiger partial charge in [0.1, 0.15) is 34.3 Å². The van der Waals surface area contributed by atoms with Gasteiger partial charge in [0, 0.05) is 49.7 Å². The number of hydrogen-bond donors (Lipinski definition) is 0. The van der Waals surface area contributed by atoms with Gasteiger partial charge in [-0.1, -0.05) is 48.5 Å². The van der Waals surface area contributed by atoms with E-state index in [0.717, 1.165) is 63.6 Å². The van der Waals surface area contributed by atoms with Crippen molar-refractivity contribution in [1.29, 1.82) is 0 Å². The molecule has 0 atom stereocenters. The molecule has 4 aromatic carbocycles. The molecule has 0 aliphatic heterocycles. The molecule has 0 heterocycles. The van der Waals surface area contributed by atoms with E-state index >= 15 is 0 Å². The summed E-state index contributed by atoms with van der Waals surface area (Å²) in [7, 11) is -4.97. The zero-order valence-corrected chi connectivity index (χ0v) is 33.1. The van der Waals surface area contributed by atoms with Gasteiger partial charge in [-0.3, -0.25) is 0 Å². The van der Waals surface area contributed by atoms with E-state index in [1.54, 1.807) is 24.3 Å². The predicted octanol–water partition coefficient (Wildman–Crippen LogP) is 3.19. The number of nitrogens with zero attached hydrogens (tertiary/aromatic N) is 3. The molecule has 0 unspecified atom stereocenters. The maximum absolute atomic E-state index is 11.3. The summed E-state index contributed by atoms with van der Waals surface area (Å²) < 4.78 is 70.2. The minimum absolute atomic E-state index is 0. The number of benzene rings is 4. The first-order chi connectivity index (χ1) is 23.8. The Kier molecular flexibility index (Phi) is 13.4. The van der Waals surface area contributed by atoms with E-state index in [2.05, 4.69) is 101 Å². The van der Waals surface area contributed by atoms with Crippen molar-refractivity contribution < 1.29 is 60.1 Å². The molecule has 260 valence electrons. The molecular formula is C39H40N3NaO6S2. The minimum atomic E-state index is -4.49. The first kappa shape index (κ1) is 40.0. The number of hydrogen-bond acceptors (Lipinski definition) is 8. The summed E-state index contributed by atoms with van der Waals surface area (Å²) in [6, 6.07) is 28.9. The molecule has 51 heavy (non-hydrogen) atoms. The smallest absolute Gasteiger partial charge is 0.744 e. The molecular weight excluding hydrogens is 694 g/mol. The van der Waals surface area contributed by atoms with E-state index in [0.29, 0.717) is 13.1 Å². The van der Waals surface area contributed by atoms with Gasteiger partial charge in [0.25, 0.3) is 0 Å². The molecule has 12 heteroatoms. The zero-order chi connectivity index (χ0) is 36.1. The largest absolute Gasteiger partial charge is 1.00 e. The Morgan fingerprint density at radius 1 is 0.569 bits per heavy atom. The molecule has 0 saturated carbocycles. The number of allylic oxidation sites excluding steroid dienone is 5. The zero-order valence-electron chi connectivity index (χ0n) is 29.5. The molecule has 9 nitrogen and oxygen atoms in total. The van der Waals surface area contributed by atoms with Crippen molar-refractivity contribution in [2.45, 2.75) is 36.7 Å². The van der Waals surface area contributed by atoms with Crippen LogP contribution in [0.15, 0.2) is 137 Å². The summed E-state index contributed by atoms with van der Waals surface area (Å²) >= 11 is 0. The summed E-state index contributed by atoms with van der Waals surface area (Å²) in [6.07, 6.45) is 8.45. The normalized spacial score (nSPS) is 12.7. The third kappa shape index (κ3) is 10.2. The van der Waals surface area contributed by atoms with Crippen LogP contribution in [0.5, 0.6) is 0 Å². The Labute approximate surface area is 323 Å². The molecule has 0 amide bonds. The van der Waals surface area contributed by atoms with Gasteiger partial charge in [0.15, 0.2) is 5.71 Å². The predicted molar refractivity (Wildman–Crippen MR) is 197 cm³/mol. The average Bonchev–Trinajstić information content (AvgIpc) is 3.10. The Morgan fingerprint density at radius 2 is 0.922 bits per heavy atom. The molecule has 0 saturated heterocycles. The van der Waals surface area contributed by atoms with Crippen molar-refractivity contribution in [3.8, 4) is 0 Å². The molecule has 0 aromatic heterocycles. The maximum atomic E-state index is 11.3. The molecule has 0 N–H and O–H groups in total. The second kappa shape index (κ2) is 17.1. The van der Waals surface area contributed by atoms with Gasteiger partial charge in [0.2, 0.25) is 0 Å². The van der Waals surface area contributed by atoms with Gasteiger partial charge >= 0.3 is 29.6 Å². The molecule has 1 aliphatic carbocycles. The standard InChI is InChI=1S/C39H41N3O6S2.Na/c1-5-41(27-29-7-23-37(24-8-29)49(43,44)45)35-19-13-32(14-20-35)39(31-11-17-34(18-12-31)40(3)4)33-15-21-36(22-16-33)42(6-2)28-30-9-25-38(26-10-30)50(46,47)48;/h7-26H,5-6,27-28H2,1-4H3,(H-,43,44,45,46,47,48);/q;+1/p-1. The van der Waals surface area contributed by atoms with Crippen LogP contribution < -0.4 is 39.4 Å². The van der Waals surface area contributed by atoms with Crippen LogP contribution in [-0.2, 0) is 33.3 Å². The molecule has 5 rings (SSSR count). The van der Waals surface area contributed by atoms with Crippen LogP contribution in [0.1, 0.15) is 36.1 Å². The van der Waals surface area contributed by atoms with Gasteiger partial charge in [-0.15, -0.1) is 0 Å². The van der Waals surface area contributed by atoms with Crippen molar-refractivity contribution in [1.82, 2.24) is 0 Å². The van der Waals surface area contributed by atoms with E-state index < -0.39 is 20.2 Å². The van der Waals surface area contributed by atoms with Crippen molar-refractivity contribution in [3.05, 3.63) is 149 Å². The Bertz CT molecular complexity index is 2020. The van der Waals surface area contributed by atoms with E-state index in [1.807, 2.05) is 14.1 Å². The average molecular weight is 734 g/mol. The molecule has 0 radical (unpaired) electrons. The van der Waals surface area contributed by atoms with Crippen LogP contribution in [0.2, 0.25) is 0 Å². The second-order valence-electron chi connectivity index (χ2n) is 12.1. The van der Waals surface area contributed by atoms with Crippen LogP contribution in [-0.4, -0.2) is 63.4 Å². The summed E-state index contributed by atoms with van der Waals surface area (Å²) in [5.74, 6) is 0. The second-order valence-corrected chi connectivity index (χ2v) is 14.9. The molecule has 0 bridgehead atoms. The van der Waals surface area contributed by atoms with Gasteiger partial charge in [-0.05, 0) is 108 Å². The quantitative estimate of drug-likeness (QED) is 0.124. The fourth-order valence-corrected chi connectivity index (χ4v) is 6.78. The third-order valence-electron chi connectivity index (χ3n) is 8.65. The monoisotopic (exact) mass is 733 g/mol. The van der Waals surface area contributed by atoms with E-state index in [1.165, 1.54) is 24.3 Å². The number of anilines is 2. The fraction of sp³-hybridized carbons (Fsp3) is 0.205. The van der Waals surface area contributed by atoms with Crippen molar-refractivity contribution in [3.63, 3.8) is 0 Å². The van der Waals surface area contributed by atoms with Crippen molar-refractivity contribution in [2.75, 3.05) is 37.0 Å². The SMILES string of the molecule is CCN(Cc1ccc(S(=O)(=O)[O-])cc1)c1ccc(C(=C2C=CC(=[N+](C)C)C=C2)c2ccc(N(CC)Cc3ccc(S(=O)(=O)[O-])cc3)cc2)cc1.[Na+]. The molecule has 0 spiro atoms. The fourth-order valence-electron chi connectivity index (χ4n) is 5.84. The van der Waals surface area contributed by atoms with Crippen LogP contribution in [0.3, 0.4) is 0 Å². The Morgan fingerprint density at radius 3 is 1.22 bits per heavy atom. The van der Waals surface area contributed by atoms with Gasteiger partial charge in [-0.2, -0.15) is 0 Å². The van der Waals surface area contributed by atoms with E-state index in [4.69, 9.17) is 0 Å². The van der Waals surface area contributed by atoms with Gasteiger partial charge in [-0.25, -0.2) is 21.4 Å². The summed E-state index contributed by atoms with van der Waals surface area (Å²) in [4.78, 5) is 3.88. The Balaban J connectivity index is 0.00000583. The minimum Gasteiger partial charge on any atom is -0.744 e. The third-order valence-corrected chi connectivity index (χ3v) is 10.3. The Hall–Kier alpha value is -3.81. The summed E-state index contributed by atoms with van der Waals surface area (Å²) in [5, 5.41) is 0. The molecule has 0 fully saturated rings. The first-order valence-electron chi connectivity index (χ1n) is 16.2. The first-order valence-corrected chi connectivity index (χ1v) is 19.0. The maximum Gasteiger partial charge on any atom is 1.00 e. The van der Waals surface area contributed by atoms with Gasteiger partial charge < -0.3 is 18.9 Å². The summed E-state index contributed by atoms with van der Waals surface area (Å²) in [5.41, 5.74) is 9.12. The molecule has 1 aliphatic rings. The van der Waals surface area contributed by atoms with Crippen LogP contribution in [0, 0.1) is 0 Å². The summed E-state index contributed by atoms with van der Waals surface area (Å²) in [6.45, 7) is 6.66. The van der Waals surface area contributed by atoms with E-state index in [9.17, 15) is 25.9 Å². The molecule has 4 aromatic rings. The number of rotatable bonds is 12. The van der Waals surface area contributed by atoms with Crippen LogP contribution >= 0.6 is 0 Å². The van der Waals surface area contributed by atoms with Crippen molar-refractivity contribution in [2.24, 2.45) is 0 Å². The van der Waals surface area contributed by atoms with Gasteiger partial charge in [0.05, 0.1) is 9.79 Å². The van der Waals surface area contributed by atoms with Crippen LogP contribution in [0.4, 0.5) is 11.4 Å².